The predicted molar refractivity (Wildman–Crippen MR) is 57.0 cm³/mol. The van der Waals surface area contributed by atoms with E-state index in [-0.39, 0.29) is 0 Å². The first-order valence-electron chi connectivity index (χ1n) is 3.64. The predicted octanol–water partition coefficient (Wildman–Crippen LogP) is 2.54. The van der Waals surface area contributed by atoms with Gasteiger partial charge in [0.05, 0.1) is 5.52 Å². The lowest BCUT2D eigenvalue weighted by atomic mass is 10.2. The summed E-state index contributed by atoms with van der Waals surface area (Å²) in [7, 11) is 0. The molecule has 0 radical (unpaired) electrons. The van der Waals surface area contributed by atoms with Crippen molar-refractivity contribution in [1.29, 1.82) is 0 Å². The van der Waals surface area contributed by atoms with E-state index < -0.39 is 0 Å². The highest BCUT2D eigenvalue weighted by Gasteiger charge is 1.98. The Hall–Kier alpha value is -0.710. The van der Waals surface area contributed by atoms with E-state index in [0.29, 0.717) is 0 Å². The van der Waals surface area contributed by atoms with Crippen molar-refractivity contribution in [3.8, 4) is 0 Å². The molecule has 0 unspecified atom stereocenters. The van der Waals surface area contributed by atoms with Crippen molar-refractivity contribution in [2.24, 2.45) is 0 Å². The first kappa shape index (κ1) is 7.91. The van der Waals surface area contributed by atoms with Gasteiger partial charge in [-0.2, -0.15) is 0 Å². The zero-order valence-corrected chi connectivity index (χ0v) is 8.74. The normalized spacial score (nSPS) is 10.5. The molecule has 60 valence electrons. The molecule has 12 heavy (non-hydrogen) atoms. The van der Waals surface area contributed by atoms with Crippen LogP contribution in [0.3, 0.4) is 0 Å². The highest BCUT2D eigenvalue weighted by molar-refractivity contribution is 14.1. The second-order valence-corrected chi connectivity index (χ2v) is 3.87. The molecule has 0 fully saturated rings. The topological polar surface area (TPSA) is 25.8 Å². The van der Waals surface area contributed by atoms with Crippen LogP contribution < -0.4 is 0 Å². The number of hydrogen-bond acceptors (Lipinski definition) is 2. The number of halogens is 1. The number of rotatable bonds is 0. The number of nitrogens with zero attached hydrogens (tertiary/aromatic N) is 2. The average molecular weight is 270 g/mol. The lowest BCUT2D eigenvalue weighted by Crippen LogP contribution is -1.87. The molecule has 2 nitrogen and oxygen atoms in total. The van der Waals surface area contributed by atoms with Gasteiger partial charge in [0.25, 0.3) is 0 Å². The molecule has 0 bridgehead atoms. The highest BCUT2D eigenvalue weighted by Crippen LogP contribution is 2.16. The monoisotopic (exact) mass is 270 g/mol. The third kappa shape index (κ3) is 1.29. The number of aromatic nitrogens is 2. The third-order valence-corrected chi connectivity index (χ3v) is 2.47. The molecule has 0 aliphatic rings. The molecule has 0 spiro atoms. The third-order valence-electron chi connectivity index (χ3n) is 1.80. The first-order chi connectivity index (χ1) is 5.77. The van der Waals surface area contributed by atoms with Crippen molar-refractivity contribution in [3.05, 3.63) is 33.8 Å². The van der Waals surface area contributed by atoms with Crippen molar-refractivity contribution < 1.29 is 0 Å². The minimum atomic E-state index is 1.02. The summed E-state index contributed by atoms with van der Waals surface area (Å²) in [5, 5.41) is 1.14. The molecular formula is C9H7IN2. The summed E-state index contributed by atoms with van der Waals surface area (Å²) in [6.45, 7) is 2.00. The Morgan fingerprint density at radius 1 is 1.25 bits per heavy atom. The van der Waals surface area contributed by atoms with E-state index in [1.165, 1.54) is 3.57 Å². The van der Waals surface area contributed by atoms with Crippen LogP contribution in [0.25, 0.3) is 10.9 Å². The van der Waals surface area contributed by atoms with Gasteiger partial charge in [-0.1, -0.05) is 0 Å². The highest BCUT2D eigenvalue weighted by atomic mass is 127. The van der Waals surface area contributed by atoms with Gasteiger partial charge >= 0.3 is 0 Å². The second-order valence-electron chi connectivity index (χ2n) is 2.62. The Kier molecular flexibility index (Phi) is 1.96. The smallest absolute Gasteiger partial charge is 0.116 e. The number of aryl methyl sites for hydroxylation is 1. The summed E-state index contributed by atoms with van der Waals surface area (Å²) in [6.07, 6.45) is 1.60. The Bertz CT molecular complexity index is 426. The van der Waals surface area contributed by atoms with E-state index in [1.54, 1.807) is 6.33 Å². The molecule has 3 heteroatoms. The van der Waals surface area contributed by atoms with Gasteiger partial charge in [-0.25, -0.2) is 9.97 Å². The van der Waals surface area contributed by atoms with Gasteiger partial charge in [0.15, 0.2) is 0 Å². The molecule has 1 heterocycles. The Morgan fingerprint density at radius 2 is 2.08 bits per heavy atom. The van der Waals surface area contributed by atoms with Crippen LogP contribution in [0, 0.1) is 10.5 Å². The summed E-state index contributed by atoms with van der Waals surface area (Å²) < 4.78 is 1.22. The average Bonchev–Trinajstić information content (AvgIpc) is 2.07. The number of benzene rings is 1. The molecule has 0 aliphatic carbocycles. The minimum absolute atomic E-state index is 1.02. The quantitative estimate of drug-likeness (QED) is 0.687. The van der Waals surface area contributed by atoms with Gasteiger partial charge in [-0.15, -0.1) is 0 Å². The maximum atomic E-state index is 4.17. The van der Waals surface area contributed by atoms with Crippen LogP contribution in [0.1, 0.15) is 5.69 Å². The van der Waals surface area contributed by atoms with Crippen LogP contribution in [0.4, 0.5) is 0 Å². The van der Waals surface area contributed by atoms with E-state index in [2.05, 4.69) is 44.7 Å². The lowest BCUT2D eigenvalue weighted by molar-refractivity contribution is 1.15. The van der Waals surface area contributed by atoms with Crippen molar-refractivity contribution in [2.45, 2.75) is 6.92 Å². The fourth-order valence-electron chi connectivity index (χ4n) is 1.16. The van der Waals surface area contributed by atoms with Crippen LogP contribution >= 0.6 is 22.6 Å². The number of fused-ring (bicyclic) bond motifs is 1. The molecule has 1 aromatic heterocycles. The van der Waals surface area contributed by atoms with E-state index in [1.807, 2.05) is 13.0 Å². The molecule has 2 aromatic rings. The largest absolute Gasteiger partial charge is 0.241 e. The van der Waals surface area contributed by atoms with Crippen LogP contribution in [-0.2, 0) is 0 Å². The van der Waals surface area contributed by atoms with E-state index in [0.717, 1.165) is 16.6 Å². The summed E-state index contributed by atoms with van der Waals surface area (Å²) in [5.74, 6) is 0. The SMILES string of the molecule is Cc1ncnc2ccc(I)cc12. The second kappa shape index (κ2) is 2.97. The molecule has 0 amide bonds. The Balaban J connectivity index is 2.88. The van der Waals surface area contributed by atoms with Gasteiger partial charge in [-0.05, 0) is 47.7 Å². The van der Waals surface area contributed by atoms with Gasteiger partial charge < -0.3 is 0 Å². The summed E-state index contributed by atoms with van der Waals surface area (Å²) >= 11 is 2.29. The summed E-state index contributed by atoms with van der Waals surface area (Å²) in [4.78, 5) is 8.30. The molecule has 0 saturated heterocycles. The molecule has 2 rings (SSSR count). The molecular weight excluding hydrogens is 263 g/mol. The van der Waals surface area contributed by atoms with Gasteiger partial charge in [0.2, 0.25) is 0 Å². The number of hydrogen-bond donors (Lipinski definition) is 0. The van der Waals surface area contributed by atoms with Gasteiger partial charge in [0, 0.05) is 14.7 Å². The van der Waals surface area contributed by atoms with Crippen LogP contribution in [0.5, 0.6) is 0 Å². The molecule has 0 aliphatic heterocycles. The van der Waals surface area contributed by atoms with Crippen molar-refractivity contribution in [1.82, 2.24) is 9.97 Å². The first-order valence-corrected chi connectivity index (χ1v) is 4.72. The van der Waals surface area contributed by atoms with Gasteiger partial charge in [-0.3, -0.25) is 0 Å². The van der Waals surface area contributed by atoms with E-state index in [9.17, 15) is 0 Å². The zero-order chi connectivity index (χ0) is 8.55. The summed E-state index contributed by atoms with van der Waals surface area (Å²) in [5.41, 5.74) is 2.06. The van der Waals surface area contributed by atoms with Crippen molar-refractivity contribution in [2.75, 3.05) is 0 Å². The molecule has 1 aromatic carbocycles. The van der Waals surface area contributed by atoms with Gasteiger partial charge in [0.1, 0.15) is 6.33 Å². The van der Waals surface area contributed by atoms with E-state index in [4.69, 9.17) is 0 Å². The fraction of sp³-hybridized carbons (Fsp3) is 0.111. The standard InChI is InChI=1S/C9H7IN2/c1-6-8-4-7(10)2-3-9(8)12-5-11-6/h2-5H,1H3. The van der Waals surface area contributed by atoms with Crippen molar-refractivity contribution >= 4 is 33.5 Å². The summed E-state index contributed by atoms with van der Waals surface area (Å²) in [6, 6.07) is 6.17. The van der Waals surface area contributed by atoms with Crippen LogP contribution in [0.2, 0.25) is 0 Å². The maximum absolute atomic E-state index is 4.17. The van der Waals surface area contributed by atoms with Crippen LogP contribution in [0.15, 0.2) is 24.5 Å². The Morgan fingerprint density at radius 3 is 2.92 bits per heavy atom. The molecule has 0 N–H and O–H groups in total. The lowest BCUT2D eigenvalue weighted by Gasteiger charge is -1.99. The maximum Gasteiger partial charge on any atom is 0.116 e. The minimum Gasteiger partial charge on any atom is -0.241 e. The zero-order valence-electron chi connectivity index (χ0n) is 6.58. The Labute approximate surface area is 84.2 Å². The fourth-order valence-corrected chi connectivity index (χ4v) is 1.65. The van der Waals surface area contributed by atoms with Crippen molar-refractivity contribution in [3.63, 3.8) is 0 Å². The van der Waals surface area contributed by atoms with E-state index >= 15 is 0 Å². The molecule has 0 atom stereocenters. The molecule has 0 saturated carbocycles. The van der Waals surface area contributed by atoms with Crippen LogP contribution in [-0.4, -0.2) is 9.97 Å².